The summed E-state index contributed by atoms with van der Waals surface area (Å²) in [4.78, 5) is 26.4. The van der Waals surface area contributed by atoms with Crippen molar-refractivity contribution in [2.24, 2.45) is 5.92 Å². The Kier molecular flexibility index (Phi) is 6.84. The van der Waals surface area contributed by atoms with Crippen LogP contribution < -0.4 is 14.9 Å². The summed E-state index contributed by atoms with van der Waals surface area (Å²) in [6.07, 6.45) is 1.69. The number of nitrogens with one attached hydrogen (secondary N) is 2. The van der Waals surface area contributed by atoms with E-state index in [0.29, 0.717) is 17.9 Å². The third kappa shape index (κ3) is 5.22. The van der Waals surface area contributed by atoms with Crippen LogP contribution in [0.4, 0.5) is 15.8 Å². The van der Waals surface area contributed by atoms with E-state index in [1.54, 1.807) is 0 Å². The van der Waals surface area contributed by atoms with Gasteiger partial charge in [0.15, 0.2) is 0 Å². The van der Waals surface area contributed by atoms with Crippen molar-refractivity contribution >= 4 is 33.2 Å². The van der Waals surface area contributed by atoms with Crippen molar-refractivity contribution < 1.29 is 22.4 Å². The van der Waals surface area contributed by atoms with E-state index in [1.165, 1.54) is 53.4 Å². The average Bonchev–Trinajstić information content (AvgIpc) is 3.11. The van der Waals surface area contributed by atoms with Gasteiger partial charge in [-0.3, -0.25) is 9.59 Å². The molecule has 30 heavy (non-hydrogen) atoms. The second kappa shape index (κ2) is 9.36. The number of anilines is 2. The largest absolute Gasteiger partial charge is 0.326 e. The molecule has 7 nitrogen and oxygen atoms in total. The van der Waals surface area contributed by atoms with Crippen molar-refractivity contribution in [3.8, 4) is 0 Å². The van der Waals surface area contributed by atoms with Crippen LogP contribution in [0.25, 0.3) is 0 Å². The van der Waals surface area contributed by atoms with Gasteiger partial charge in [-0.1, -0.05) is 13.3 Å². The maximum absolute atomic E-state index is 13.1. The zero-order valence-electron chi connectivity index (χ0n) is 16.6. The Labute approximate surface area is 175 Å². The van der Waals surface area contributed by atoms with E-state index in [-0.39, 0.29) is 29.7 Å². The van der Waals surface area contributed by atoms with Crippen molar-refractivity contribution in [2.45, 2.75) is 31.1 Å². The number of carbonyl (C=O) groups is 2. The van der Waals surface area contributed by atoms with Crippen LogP contribution in [0.3, 0.4) is 0 Å². The first kappa shape index (κ1) is 21.9. The number of carbonyl (C=O) groups excluding carboxylic acids is 2. The summed E-state index contributed by atoms with van der Waals surface area (Å²) in [7, 11) is -3.58. The molecule has 1 heterocycles. The molecule has 1 saturated heterocycles. The minimum atomic E-state index is -3.58. The molecule has 2 aromatic carbocycles. The molecule has 0 spiro atoms. The maximum Gasteiger partial charge on any atom is 0.240 e. The second-order valence-electron chi connectivity index (χ2n) is 7.15. The van der Waals surface area contributed by atoms with Crippen LogP contribution in [-0.4, -0.2) is 33.3 Å². The van der Waals surface area contributed by atoms with E-state index in [1.807, 2.05) is 6.92 Å². The molecule has 9 heteroatoms. The Morgan fingerprint density at radius 3 is 2.43 bits per heavy atom. The van der Waals surface area contributed by atoms with Gasteiger partial charge in [0.2, 0.25) is 21.8 Å². The number of unbranched alkanes of at least 4 members (excludes halogenated alkanes) is 1. The molecule has 0 unspecified atom stereocenters. The predicted molar refractivity (Wildman–Crippen MR) is 112 cm³/mol. The summed E-state index contributed by atoms with van der Waals surface area (Å²) in [5.74, 6) is -1.49. The van der Waals surface area contributed by atoms with Gasteiger partial charge in [0.05, 0.1) is 10.8 Å². The number of amides is 2. The van der Waals surface area contributed by atoms with Gasteiger partial charge >= 0.3 is 0 Å². The summed E-state index contributed by atoms with van der Waals surface area (Å²) in [5.41, 5.74) is 0.988. The number of benzene rings is 2. The van der Waals surface area contributed by atoms with Crippen LogP contribution in [0.5, 0.6) is 0 Å². The van der Waals surface area contributed by atoms with Gasteiger partial charge in [-0.15, -0.1) is 0 Å². The van der Waals surface area contributed by atoms with Gasteiger partial charge in [0.1, 0.15) is 5.82 Å². The molecule has 2 N–H and O–H groups in total. The predicted octanol–water partition coefficient (Wildman–Crippen LogP) is 2.90. The molecule has 0 aromatic heterocycles. The molecule has 1 aliphatic heterocycles. The summed E-state index contributed by atoms with van der Waals surface area (Å²) in [6.45, 7) is 2.55. The first-order chi connectivity index (χ1) is 14.3. The van der Waals surface area contributed by atoms with Crippen LogP contribution in [0.2, 0.25) is 0 Å². The van der Waals surface area contributed by atoms with E-state index < -0.39 is 21.8 Å². The van der Waals surface area contributed by atoms with Gasteiger partial charge in [-0.25, -0.2) is 17.5 Å². The van der Waals surface area contributed by atoms with Crippen molar-refractivity contribution in [3.63, 3.8) is 0 Å². The van der Waals surface area contributed by atoms with E-state index in [9.17, 15) is 22.4 Å². The Hall–Kier alpha value is -2.78. The van der Waals surface area contributed by atoms with Crippen molar-refractivity contribution in [1.82, 2.24) is 4.72 Å². The summed E-state index contributed by atoms with van der Waals surface area (Å²) in [6, 6.07) is 11.4. The lowest BCUT2D eigenvalue weighted by molar-refractivity contribution is -0.122. The molecule has 0 saturated carbocycles. The Morgan fingerprint density at radius 1 is 1.13 bits per heavy atom. The Morgan fingerprint density at radius 2 is 1.80 bits per heavy atom. The van der Waals surface area contributed by atoms with Gasteiger partial charge in [-0.2, -0.15) is 0 Å². The van der Waals surface area contributed by atoms with Gasteiger partial charge in [0.25, 0.3) is 0 Å². The van der Waals surface area contributed by atoms with Crippen molar-refractivity contribution in [3.05, 3.63) is 54.3 Å². The lowest BCUT2D eigenvalue weighted by atomic mass is 10.1. The molecule has 0 radical (unpaired) electrons. The number of hydrogen-bond acceptors (Lipinski definition) is 4. The average molecular weight is 434 g/mol. The summed E-state index contributed by atoms with van der Waals surface area (Å²) in [5, 5.41) is 2.72. The van der Waals surface area contributed by atoms with Crippen LogP contribution in [0.15, 0.2) is 53.4 Å². The molecule has 1 fully saturated rings. The number of hydrogen-bond donors (Lipinski definition) is 2. The highest BCUT2D eigenvalue weighted by Crippen LogP contribution is 2.26. The van der Waals surface area contributed by atoms with Gasteiger partial charge in [-0.05, 0) is 55.0 Å². The second-order valence-corrected chi connectivity index (χ2v) is 8.91. The fraction of sp³-hybridized carbons (Fsp3) is 0.333. The number of sulfonamides is 1. The summed E-state index contributed by atoms with van der Waals surface area (Å²) < 4.78 is 40.0. The highest BCUT2D eigenvalue weighted by molar-refractivity contribution is 7.89. The fourth-order valence-corrected chi connectivity index (χ4v) is 4.26. The van der Waals surface area contributed by atoms with Crippen LogP contribution in [0, 0.1) is 11.7 Å². The highest BCUT2D eigenvalue weighted by Gasteiger charge is 2.35. The van der Waals surface area contributed by atoms with Crippen molar-refractivity contribution in [2.75, 3.05) is 23.3 Å². The first-order valence-electron chi connectivity index (χ1n) is 9.76. The molecule has 1 aliphatic rings. The van der Waals surface area contributed by atoms with E-state index in [2.05, 4.69) is 10.0 Å². The van der Waals surface area contributed by atoms with E-state index in [4.69, 9.17) is 0 Å². The Bertz CT molecular complexity index is 1010. The first-order valence-corrected chi connectivity index (χ1v) is 11.2. The number of nitrogens with zero attached hydrogens (tertiary/aromatic N) is 1. The van der Waals surface area contributed by atoms with Gasteiger partial charge < -0.3 is 10.2 Å². The molecule has 3 rings (SSSR count). The Balaban J connectivity index is 1.61. The van der Waals surface area contributed by atoms with Gasteiger partial charge in [0, 0.05) is 30.9 Å². The zero-order chi connectivity index (χ0) is 21.7. The van der Waals surface area contributed by atoms with E-state index >= 15 is 0 Å². The normalized spacial score (nSPS) is 16.7. The zero-order valence-corrected chi connectivity index (χ0v) is 17.4. The van der Waals surface area contributed by atoms with Crippen LogP contribution in [0.1, 0.15) is 26.2 Å². The molecule has 0 aliphatic carbocycles. The van der Waals surface area contributed by atoms with Crippen LogP contribution >= 0.6 is 0 Å². The highest BCUT2D eigenvalue weighted by atomic mass is 32.2. The fourth-order valence-electron chi connectivity index (χ4n) is 3.18. The molecule has 0 bridgehead atoms. The molecule has 160 valence electrons. The monoisotopic (exact) mass is 433 g/mol. The number of rotatable bonds is 8. The standard InChI is InChI=1S/C21H24FN3O4S/c1-2-3-12-23-30(28,29)19-10-6-17(7-11-19)24-21(27)15-13-20(26)25(14-15)18-8-4-16(22)5-9-18/h4-11,15,23H,2-3,12-14H2,1H3,(H,24,27)/t15-/m0/s1. The SMILES string of the molecule is CCCCNS(=O)(=O)c1ccc(NC(=O)[C@H]2CC(=O)N(c3ccc(F)cc3)C2)cc1. The molecular weight excluding hydrogens is 409 g/mol. The number of halogens is 1. The summed E-state index contributed by atoms with van der Waals surface area (Å²) >= 11 is 0. The smallest absolute Gasteiger partial charge is 0.240 e. The third-order valence-electron chi connectivity index (χ3n) is 4.89. The lowest BCUT2D eigenvalue weighted by Gasteiger charge is -2.16. The quantitative estimate of drug-likeness (QED) is 0.626. The van der Waals surface area contributed by atoms with E-state index in [0.717, 1.165) is 12.8 Å². The molecule has 1 atom stereocenters. The van der Waals surface area contributed by atoms with Crippen LogP contribution in [-0.2, 0) is 19.6 Å². The minimum Gasteiger partial charge on any atom is -0.326 e. The van der Waals surface area contributed by atoms with Crippen molar-refractivity contribution in [1.29, 1.82) is 0 Å². The minimum absolute atomic E-state index is 0.0526. The molecule has 2 amide bonds. The molecule has 2 aromatic rings. The molecular formula is C21H24FN3O4S. The topological polar surface area (TPSA) is 95.6 Å². The lowest BCUT2D eigenvalue weighted by Crippen LogP contribution is -2.28. The third-order valence-corrected chi connectivity index (χ3v) is 6.37. The maximum atomic E-state index is 13.1.